The van der Waals surface area contributed by atoms with Crippen molar-refractivity contribution in [3.05, 3.63) is 0 Å². The molecule has 0 spiro atoms. The van der Waals surface area contributed by atoms with Crippen LogP contribution in [0.2, 0.25) is 5.31 Å². The first kappa shape index (κ1) is 6.54. The highest BCUT2D eigenvalue weighted by Gasteiger charge is 2.07. The topological polar surface area (TPSA) is 0 Å². The van der Waals surface area contributed by atoms with Gasteiger partial charge < -0.3 is 0 Å². The van der Waals surface area contributed by atoms with E-state index in [9.17, 15) is 0 Å². The monoisotopic (exact) mass is 147 g/mol. The third-order valence-electron chi connectivity index (χ3n) is 0.327. The van der Waals surface area contributed by atoms with Gasteiger partial charge in [0.15, 0.2) is 0 Å². The van der Waals surface area contributed by atoms with Crippen LogP contribution in [0.3, 0.4) is 0 Å². The Morgan fingerprint density at radius 2 is 1.50 bits per heavy atom. The molecule has 0 saturated carbocycles. The number of halogens is 1. The molecule has 0 N–H and O–H groups in total. The van der Waals surface area contributed by atoms with Crippen LogP contribution in [0.4, 0.5) is 0 Å². The Kier molecular flexibility index (Phi) is 2.19. The normalized spacial score (nSPS) is 11.3. The fourth-order valence-corrected chi connectivity index (χ4v) is 0. The number of hydrogen-bond donors (Lipinski definition) is 0. The van der Waals surface area contributed by atoms with E-state index in [-0.39, 0.29) is 0 Å². The Labute approximate surface area is 48.5 Å². The fourth-order valence-electron chi connectivity index (χ4n) is 0. The lowest BCUT2D eigenvalue weighted by Crippen LogP contribution is -1.99. The maximum atomic E-state index is 3.24. The molecular weight excluding hydrogens is 139 g/mol. The van der Waals surface area contributed by atoms with Crippen molar-refractivity contribution in [1.29, 1.82) is 0 Å². The van der Waals surface area contributed by atoms with Gasteiger partial charge in [0.05, 0.1) is 0 Å². The summed E-state index contributed by atoms with van der Waals surface area (Å²) < 4.78 is 0. The summed E-state index contributed by atoms with van der Waals surface area (Å²) in [4.78, 5) is 0. The van der Waals surface area contributed by atoms with Crippen LogP contribution in [-0.2, 0) is 0 Å². The summed E-state index contributed by atoms with van der Waals surface area (Å²) in [5, 5.41) is 0.333. The molecule has 1 radical (unpaired) electrons. The van der Waals surface area contributed by atoms with Gasteiger partial charge in [0.1, 0.15) is 0 Å². The summed E-state index contributed by atoms with van der Waals surface area (Å²) in [6.07, 6.45) is 2.00. The van der Waals surface area contributed by atoms with E-state index in [1.54, 1.807) is 0 Å². The maximum absolute atomic E-state index is 3.24. The Hall–Kier alpha value is 0.545. The second-order valence-corrected chi connectivity index (χ2v) is 2.93. The van der Waals surface area contributed by atoms with Gasteiger partial charge >= 0.3 is 0 Å². The zero-order valence-corrected chi connectivity index (χ0v) is 6.04. The molecule has 2 heteroatoms. The average Bonchev–Trinajstić information content (AvgIpc) is 1.35. The Morgan fingerprint density at radius 1 is 1.33 bits per heavy atom. The summed E-state index contributed by atoms with van der Waals surface area (Å²) in [5.41, 5.74) is 0. The molecule has 0 aliphatic rings. The van der Waals surface area contributed by atoms with Gasteiger partial charge in [0, 0.05) is 0 Å². The Balaban J connectivity index is 3.17. The van der Waals surface area contributed by atoms with E-state index < -0.39 is 0 Å². The molecule has 0 amide bonds. The first-order valence-corrected chi connectivity index (χ1v) is 2.92. The molecule has 0 fully saturated rings. The molecule has 0 nitrogen and oxygen atoms in total. The van der Waals surface area contributed by atoms with Gasteiger partial charge in [-0.3, -0.25) is 0 Å². The van der Waals surface area contributed by atoms with Crippen molar-refractivity contribution in [3.63, 3.8) is 0 Å². The van der Waals surface area contributed by atoms with Crippen molar-refractivity contribution in [2.45, 2.75) is 26.1 Å². The fraction of sp³-hybridized carbons (Fsp3) is 1.00. The molecule has 0 aliphatic carbocycles. The minimum absolute atomic E-state index is 0.333. The molecule has 0 aromatic carbocycles. The van der Waals surface area contributed by atoms with Crippen molar-refractivity contribution >= 4 is 21.9 Å². The minimum atomic E-state index is 0.333. The van der Waals surface area contributed by atoms with Crippen LogP contribution < -0.4 is 0 Å². The minimum Gasteiger partial charge on any atom is -0.165 e. The van der Waals surface area contributed by atoms with Crippen molar-refractivity contribution in [1.82, 2.24) is 0 Å². The molecule has 0 heterocycles. The zero-order chi connectivity index (χ0) is 5.21. The van der Waals surface area contributed by atoms with E-state index in [0.717, 1.165) is 0 Å². The van der Waals surface area contributed by atoms with Crippen LogP contribution in [0.15, 0.2) is 0 Å². The van der Waals surface area contributed by atoms with Gasteiger partial charge in [-0.05, 0) is 0 Å². The second-order valence-electron chi connectivity index (χ2n) is 2.48. The van der Waals surface area contributed by atoms with Crippen molar-refractivity contribution in [2.75, 3.05) is 0 Å². The van der Waals surface area contributed by atoms with Gasteiger partial charge in [-0.2, -0.15) is 15.8 Å². The van der Waals surface area contributed by atoms with Crippen molar-refractivity contribution < 1.29 is 0 Å². The predicted octanol–water partition coefficient (Wildman–Crippen LogP) is 2.22. The molecule has 0 saturated heterocycles. The maximum Gasteiger partial charge on any atom is 0.211 e. The Bertz CT molecular complexity index is 37.3. The first-order chi connectivity index (χ1) is 2.56. The number of hydrogen-bond acceptors (Lipinski definition) is 0. The number of rotatable bonds is 0. The molecular formula is C4H9BBr. The second kappa shape index (κ2) is 2.01. The molecule has 0 unspecified atom stereocenters. The Morgan fingerprint density at radius 3 is 1.50 bits per heavy atom. The SMILES string of the molecule is CC(C)(C)[B]Br. The third kappa shape index (κ3) is 4.54. The van der Waals surface area contributed by atoms with E-state index in [4.69, 9.17) is 0 Å². The largest absolute Gasteiger partial charge is 0.211 e. The smallest absolute Gasteiger partial charge is 0.165 e. The predicted molar refractivity (Wildman–Crippen MR) is 34.4 cm³/mol. The zero-order valence-electron chi connectivity index (χ0n) is 4.46. The van der Waals surface area contributed by atoms with Crippen LogP contribution in [0.5, 0.6) is 0 Å². The molecule has 0 aromatic rings. The summed E-state index contributed by atoms with van der Waals surface area (Å²) in [5.74, 6) is 0. The van der Waals surface area contributed by atoms with E-state index in [1.165, 1.54) is 0 Å². The summed E-state index contributed by atoms with van der Waals surface area (Å²) in [6, 6.07) is 0. The highest BCUT2D eigenvalue weighted by molar-refractivity contribution is 9.23. The van der Waals surface area contributed by atoms with Gasteiger partial charge in [0.2, 0.25) is 6.10 Å². The van der Waals surface area contributed by atoms with E-state index in [2.05, 4.69) is 36.5 Å². The first-order valence-electron chi connectivity index (χ1n) is 2.01. The van der Waals surface area contributed by atoms with E-state index in [0.29, 0.717) is 5.31 Å². The molecule has 0 bridgehead atoms. The van der Waals surface area contributed by atoms with Crippen LogP contribution >= 0.6 is 15.8 Å². The van der Waals surface area contributed by atoms with E-state index >= 15 is 0 Å². The molecule has 0 aromatic heterocycles. The van der Waals surface area contributed by atoms with Crippen LogP contribution in [0.25, 0.3) is 0 Å². The molecule has 0 rings (SSSR count). The standard InChI is InChI=1S/C4H9BBr/c1-4(2,3)5-6/h1-3H3. The lowest BCUT2D eigenvalue weighted by atomic mass is 9.74. The lowest BCUT2D eigenvalue weighted by molar-refractivity contribution is 0.765. The molecule has 0 aliphatic heterocycles. The quantitative estimate of drug-likeness (QED) is 0.462. The summed E-state index contributed by atoms with van der Waals surface area (Å²) in [7, 11) is 0. The van der Waals surface area contributed by atoms with Gasteiger partial charge in [-0.15, -0.1) is 0 Å². The van der Waals surface area contributed by atoms with Gasteiger partial charge in [-0.1, -0.05) is 26.1 Å². The van der Waals surface area contributed by atoms with Crippen molar-refractivity contribution in [2.24, 2.45) is 0 Å². The van der Waals surface area contributed by atoms with Crippen molar-refractivity contribution in [3.8, 4) is 0 Å². The van der Waals surface area contributed by atoms with E-state index in [1.807, 2.05) is 6.10 Å². The highest BCUT2D eigenvalue weighted by atomic mass is 79.9. The van der Waals surface area contributed by atoms with Crippen LogP contribution in [0.1, 0.15) is 20.8 Å². The van der Waals surface area contributed by atoms with Gasteiger partial charge in [-0.25, -0.2) is 0 Å². The summed E-state index contributed by atoms with van der Waals surface area (Å²) >= 11 is 3.24. The summed E-state index contributed by atoms with van der Waals surface area (Å²) in [6.45, 7) is 6.42. The molecule has 35 valence electrons. The van der Waals surface area contributed by atoms with Crippen LogP contribution in [0, 0.1) is 0 Å². The lowest BCUT2D eigenvalue weighted by Gasteiger charge is -2.09. The third-order valence-corrected chi connectivity index (χ3v) is 1.70. The molecule has 6 heavy (non-hydrogen) atoms. The van der Waals surface area contributed by atoms with Crippen LogP contribution in [-0.4, -0.2) is 6.10 Å². The average molecular weight is 148 g/mol. The molecule has 0 atom stereocenters. The van der Waals surface area contributed by atoms with Gasteiger partial charge in [0.25, 0.3) is 0 Å². The highest BCUT2D eigenvalue weighted by Crippen LogP contribution is 2.21.